The normalized spacial score (nSPS) is 11.5. The highest BCUT2D eigenvalue weighted by Crippen LogP contribution is 2.11. The maximum Gasteiger partial charge on any atom is 0.0638 e. The average Bonchev–Trinajstić information content (AvgIpc) is 2.95. The predicted molar refractivity (Wildman–Crippen MR) is 85.1 cm³/mol. The summed E-state index contributed by atoms with van der Waals surface area (Å²) in [5, 5.41) is 12.6. The topological polar surface area (TPSA) is 47.7 Å². The van der Waals surface area contributed by atoms with Crippen LogP contribution in [0.25, 0.3) is 0 Å². The third-order valence-electron chi connectivity index (χ3n) is 3.68. The van der Waals surface area contributed by atoms with E-state index in [4.69, 9.17) is 0 Å². The molecule has 0 aliphatic rings. The Morgan fingerprint density at radius 1 is 1.05 bits per heavy atom. The number of aromatic nitrogens is 4. The Balaban J connectivity index is 1.92. The fourth-order valence-corrected chi connectivity index (χ4v) is 2.37. The first-order valence-corrected chi connectivity index (χ1v) is 7.79. The number of hydrogen-bond acceptors (Lipinski definition) is 3. The molecule has 0 spiro atoms. The third-order valence-corrected chi connectivity index (χ3v) is 3.68. The standard InChI is InChI=1S/C16H27N5/c1-6-7-20-10-15(13(4)18-20)8-17-9-16-11-21(12(2)3)19-14(16)5/h10-12,17H,6-9H2,1-5H3. The Morgan fingerprint density at radius 2 is 1.67 bits per heavy atom. The van der Waals surface area contributed by atoms with Gasteiger partial charge in [0.1, 0.15) is 0 Å². The predicted octanol–water partition coefficient (Wildman–Crippen LogP) is 2.98. The molecule has 21 heavy (non-hydrogen) atoms. The van der Waals surface area contributed by atoms with Crippen molar-refractivity contribution in [3.8, 4) is 0 Å². The van der Waals surface area contributed by atoms with Crippen molar-refractivity contribution in [1.82, 2.24) is 24.9 Å². The first kappa shape index (κ1) is 15.8. The lowest BCUT2D eigenvalue weighted by atomic mass is 10.2. The fourth-order valence-electron chi connectivity index (χ4n) is 2.37. The Hall–Kier alpha value is -1.62. The summed E-state index contributed by atoms with van der Waals surface area (Å²) in [6.07, 6.45) is 5.40. The van der Waals surface area contributed by atoms with Crippen molar-refractivity contribution in [2.24, 2.45) is 0 Å². The summed E-state index contributed by atoms with van der Waals surface area (Å²) in [5.74, 6) is 0. The lowest BCUT2D eigenvalue weighted by molar-refractivity contribution is 0.528. The van der Waals surface area contributed by atoms with E-state index < -0.39 is 0 Å². The van der Waals surface area contributed by atoms with E-state index in [9.17, 15) is 0 Å². The van der Waals surface area contributed by atoms with Gasteiger partial charge in [-0.25, -0.2) is 0 Å². The summed E-state index contributed by atoms with van der Waals surface area (Å²) in [4.78, 5) is 0. The maximum absolute atomic E-state index is 4.54. The quantitative estimate of drug-likeness (QED) is 0.852. The van der Waals surface area contributed by atoms with Gasteiger partial charge in [0.15, 0.2) is 0 Å². The van der Waals surface area contributed by atoms with Crippen molar-refractivity contribution >= 4 is 0 Å². The summed E-state index contributed by atoms with van der Waals surface area (Å²) in [6, 6.07) is 0.409. The highest BCUT2D eigenvalue weighted by molar-refractivity contribution is 5.17. The number of nitrogens with zero attached hydrogens (tertiary/aromatic N) is 4. The van der Waals surface area contributed by atoms with Crippen molar-refractivity contribution in [1.29, 1.82) is 0 Å². The summed E-state index contributed by atoms with van der Waals surface area (Å²) in [5.41, 5.74) is 4.76. The van der Waals surface area contributed by atoms with Gasteiger partial charge in [0.2, 0.25) is 0 Å². The second kappa shape index (κ2) is 6.89. The van der Waals surface area contributed by atoms with Gasteiger partial charge >= 0.3 is 0 Å². The maximum atomic E-state index is 4.54. The van der Waals surface area contributed by atoms with Crippen LogP contribution in [0.15, 0.2) is 12.4 Å². The molecular formula is C16H27N5. The molecule has 0 aliphatic carbocycles. The zero-order valence-corrected chi connectivity index (χ0v) is 13.8. The number of rotatable bonds is 7. The smallest absolute Gasteiger partial charge is 0.0638 e. The Morgan fingerprint density at radius 3 is 2.24 bits per heavy atom. The van der Waals surface area contributed by atoms with E-state index in [-0.39, 0.29) is 0 Å². The molecule has 2 heterocycles. The van der Waals surface area contributed by atoms with E-state index in [0.717, 1.165) is 37.4 Å². The molecule has 0 unspecified atom stereocenters. The van der Waals surface area contributed by atoms with Crippen LogP contribution in [-0.2, 0) is 19.6 Å². The minimum Gasteiger partial charge on any atom is -0.308 e. The molecule has 0 atom stereocenters. The van der Waals surface area contributed by atoms with Crippen molar-refractivity contribution in [3.05, 3.63) is 34.9 Å². The molecule has 0 amide bonds. The summed E-state index contributed by atoms with van der Waals surface area (Å²) >= 11 is 0. The largest absolute Gasteiger partial charge is 0.308 e. The molecular weight excluding hydrogens is 262 g/mol. The number of nitrogens with one attached hydrogen (secondary N) is 1. The van der Waals surface area contributed by atoms with E-state index in [1.807, 2.05) is 9.36 Å². The molecule has 0 aliphatic heterocycles. The summed E-state index contributed by atoms with van der Waals surface area (Å²) < 4.78 is 4.06. The second-order valence-corrected chi connectivity index (χ2v) is 5.92. The van der Waals surface area contributed by atoms with Crippen LogP contribution in [-0.4, -0.2) is 19.6 Å². The van der Waals surface area contributed by atoms with Crippen molar-refractivity contribution in [3.63, 3.8) is 0 Å². The summed E-state index contributed by atoms with van der Waals surface area (Å²) in [6.45, 7) is 13.3. The average molecular weight is 289 g/mol. The van der Waals surface area contributed by atoms with E-state index in [0.29, 0.717) is 6.04 Å². The van der Waals surface area contributed by atoms with Crippen molar-refractivity contribution < 1.29 is 0 Å². The molecule has 1 N–H and O–H groups in total. The van der Waals surface area contributed by atoms with Gasteiger partial charge in [0.05, 0.1) is 11.4 Å². The minimum atomic E-state index is 0.409. The van der Waals surface area contributed by atoms with Gasteiger partial charge in [-0.1, -0.05) is 6.92 Å². The van der Waals surface area contributed by atoms with Crippen LogP contribution in [0.1, 0.15) is 55.7 Å². The van der Waals surface area contributed by atoms with Crippen LogP contribution in [0.5, 0.6) is 0 Å². The van der Waals surface area contributed by atoms with Crippen LogP contribution in [0.4, 0.5) is 0 Å². The highest BCUT2D eigenvalue weighted by Gasteiger charge is 2.08. The first-order valence-electron chi connectivity index (χ1n) is 7.79. The van der Waals surface area contributed by atoms with Crippen LogP contribution in [0.2, 0.25) is 0 Å². The molecule has 0 bridgehead atoms. The second-order valence-electron chi connectivity index (χ2n) is 5.92. The van der Waals surface area contributed by atoms with Gasteiger partial charge in [0.25, 0.3) is 0 Å². The fraction of sp³-hybridized carbons (Fsp3) is 0.625. The minimum absolute atomic E-state index is 0.409. The lowest BCUT2D eigenvalue weighted by Gasteiger charge is -2.04. The highest BCUT2D eigenvalue weighted by atomic mass is 15.3. The van der Waals surface area contributed by atoms with E-state index in [1.54, 1.807) is 0 Å². The van der Waals surface area contributed by atoms with Gasteiger partial charge in [0, 0.05) is 49.2 Å². The van der Waals surface area contributed by atoms with Gasteiger partial charge in [-0.05, 0) is 34.1 Å². The van der Waals surface area contributed by atoms with E-state index in [2.05, 4.69) is 62.5 Å². The molecule has 5 heteroatoms. The molecule has 0 saturated heterocycles. The Bertz CT molecular complexity index is 580. The molecule has 0 radical (unpaired) electrons. The third kappa shape index (κ3) is 3.94. The summed E-state index contributed by atoms with van der Waals surface area (Å²) in [7, 11) is 0. The molecule has 2 aromatic rings. The van der Waals surface area contributed by atoms with Crippen LogP contribution in [0, 0.1) is 13.8 Å². The Kier molecular flexibility index (Phi) is 5.17. The molecule has 0 aromatic carbocycles. The van der Waals surface area contributed by atoms with Gasteiger partial charge in [-0.3, -0.25) is 9.36 Å². The SMILES string of the molecule is CCCn1cc(CNCc2cn(C(C)C)nc2C)c(C)n1. The van der Waals surface area contributed by atoms with Crippen LogP contribution >= 0.6 is 0 Å². The molecule has 116 valence electrons. The van der Waals surface area contributed by atoms with Gasteiger partial charge in [-0.2, -0.15) is 10.2 Å². The zero-order chi connectivity index (χ0) is 15.4. The van der Waals surface area contributed by atoms with E-state index >= 15 is 0 Å². The number of aryl methyl sites for hydroxylation is 3. The van der Waals surface area contributed by atoms with Crippen molar-refractivity contribution in [2.75, 3.05) is 0 Å². The first-order chi connectivity index (χ1) is 10.0. The Labute approximate surface area is 127 Å². The molecule has 0 saturated carbocycles. The van der Waals surface area contributed by atoms with Crippen molar-refractivity contribution in [2.45, 2.75) is 66.7 Å². The molecule has 5 nitrogen and oxygen atoms in total. The van der Waals surface area contributed by atoms with Gasteiger partial charge < -0.3 is 5.32 Å². The van der Waals surface area contributed by atoms with E-state index in [1.165, 1.54) is 11.1 Å². The number of hydrogen-bond donors (Lipinski definition) is 1. The van der Waals surface area contributed by atoms with Gasteiger partial charge in [-0.15, -0.1) is 0 Å². The molecule has 2 aromatic heterocycles. The van der Waals surface area contributed by atoms with Crippen LogP contribution < -0.4 is 5.32 Å². The monoisotopic (exact) mass is 289 g/mol. The van der Waals surface area contributed by atoms with Crippen LogP contribution in [0.3, 0.4) is 0 Å². The molecule has 2 rings (SSSR count). The zero-order valence-electron chi connectivity index (χ0n) is 13.8. The lowest BCUT2D eigenvalue weighted by Crippen LogP contribution is -2.13. The molecule has 0 fully saturated rings.